The van der Waals surface area contributed by atoms with Gasteiger partial charge in [-0.3, -0.25) is 0 Å². The Morgan fingerprint density at radius 2 is 1.85 bits per heavy atom. The van der Waals surface area contributed by atoms with Gasteiger partial charge in [-0.25, -0.2) is 0 Å². The fraction of sp³-hybridized carbons (Fsp3) is 0.0909. The van der Waals surface area contributed by atoms with Crippen molar-refractivity contribution in [3.63, 3.8) is 0 Å². The van der Waals surface area contributed by atoms with Crippen molar-refractivity contribution in [3.8, 4) is 11.3 Å². The lowest BCUT2D eigenvalue weighted by Gasteiger charge is -2.05. The van der Waals surface area contributed by atoms with E-state index in [1.807, 2.05) is 12.1 Å². The standard InChI is InChI=1S/C11H10BrN/c1-13-8-4-7-11(13)9-5-2-3-6-10(9)12/h2-8H,1H3. The fourth-order valence-electron chi connectivity index (χ4n) is 1.41. The first-order valence-corrected chi connectivity index (χ1v) is 4.94. The molecule has 1 nitrogen and oxygen atoms in total. The highest BCUT2D eigenvalue weighted by Gasteiger charge is 2.03. The topological polar surface area (TPSA) is 4.93 Å². The van der Waals surface area contributed by atoms with Crippen molar-refractivity contribution in [1.29, 1.82) is 0 Å². The molecule has 0 N–H and O–H groups in total. The average molecular weight is 236 g/mol. The first-order valence-electron chi connectivity index (χ1n) is 4.15. The third-order valence-electron chi connectivity index (χ3n) is 2.09. The number of hydrogen-bond donors (Lipinski definition) is 0. The van der Waals surface area contributed by atoms with E-state index in [0.717, 1.165) is 4.47 Å². The Labute approximate surface area is 86.1 Å². The van der Waals surface area contributed by atoms with Crippen LogP contribution in [0, 0.1) is 0 Å². The second-order valence-electron chi connectivity index (χ2n) is 2.98. The maximum atomic E-state index is 3.54. The molecule has 0 amide bonds. The highest BCUT2D eigenvalue weighted by molar-refractivity contribution is 9.10. The predicted molar refractivity (Wildman–Crippen MR) is 58.5 cm³/mol. The van der Waals surface area contributed by atoms with Gasteiger partial charge >= 0.3 is 0 Å². The van der Waals surface area contributed by atoms with Crippen molar-refractivity contribution in [2.75, 3.05) is 0 Å². The summed E-state index contributed by atoms with van der Waals surface area (Å²) >= 11 is 3.54. The molecule has 0 radical (unpaired) electrons. The molecule has 1 heterocycles. The molecular formula is C11H10BrN. The molecule has 2 heteroatoms. The quantitative estimate of drug-likeness (QED) is 0.714. The van der Waals surface area contributed by atoms with Crippen molar-refractivity contribution in [2.24, 2.45) is 7.05 Å². The van der Waals surface area contributed by atoms with E-state index in [2.05, 4.69) is 58.0 Å². The molecule has 0 saturated heterocycles. The first-order chi connectivity index (χ1) is 6.29. The Hall–Kier alpha value is -1.02. The number of nitrogens with zero attached hydrogens (tertiary/aromatic N) is 1. The molecule has 2 aromatic rings. The number of hydrogen-bond acceptors (Lipinski definition) is 0. The Kier molecular flexibility index (Phi) is 2.23. The van der Waals surface area contributed by atoms with Crippen LogP contribution in [0.15, 0.2) is 47.1 Å². The normalized spacial score (nSPS) is 10.3. The highest BCUT2D eigenvalue weighted by Crippen LogP contribution is 2.27. The van der Waals surface area contributed by atoms with Gasteiger partial charge in [0.15, 0.2) is 0 Å². The van der Waals surface area contributed by atoms with Gasteiger partial charge in [-0.1, -0.05) is 34.1 Å². The minimum Gasteiger partial charge on any atom is -0.351 e. The van der Waals surface area contributed by atoms with Crippen LogP contribution in [-0.2, 0) is 7.05 Å². The third kappa shape index (κ3) is 1.54. The van der Waals surface area contributed by atoms with Gasteiger partial charge in [0.2, 0.25) is 0 Å². The smallest absolute Gasteiger partial charge is 0.0489 e. The maximum Gasteiger partial charge on any atom is 0.0489 e. The van der Waals surface area contributed by atoms with Gasteiger partial charge in [0.05, 0.1) is 0 Å². The number of aromatic nitrogens is 1. The van der Waals surface area contributed by atoms with Crippen LogP contribution >= 0.6 is 15.9 Å². The van der Waals surface area contributed by atoms with Crippen LogP contribution in [0.1, 0.15) is 0 Å². The van der Waals surface area contributed by atoms with E-state index in [1.165, 1.54) is 11.3 Å². The number of benzene rings is 1. The molecular weight excluding hydrogens is 226 g/mol. The van der Waals surface area contributed by atoms with E-state index in [4.69, 9.17) is 0 Å². The summed E-state index contributed by atoms with van der Waals surface area (Å²) in [5.41, 5.74) is 2.46. The molecule has 0 bridgehead atoms. The van der Waals surface area contributed by atoms with Crippen molar-refractivity contribution >= 4 is 15.9 Å². The molecule has 0 aliphatic rings. The van der Waals surface area contributed by atoms with Crippen LogP contribution in [0.5, 0.6) is 0 Å². The zero-order chi connectivity index (χ0) is 9.26. The molecule has 13 heavy (non-hydrogen) atoms. The molecule has 0 unspecified atom stereocenters. The molecule has 1 aromatic heterocycles. The summed E-state index contributed by atoms with van der Waals surface area (Å²) in [6.45, 7) is 0. The second-order valence-corrected chi connectivity index (χ2v) is 3.84. The number of halogens is 1. The van der Waals surface area contributed by atoms with Crippen LogP contribution in [0.3, 0.4) is 0 Å². The Morgan fingerprint density at radius 3 is 2.46 bits per heavy atom. The predicted octanol–water partition coefficient (Wildman–Crippen LogP) is 3.45. The molecule has 2 rings (SSSR count). The van der Waals surface area contributed by atoms with E-state index in [9.17, 15) is 0 Å². The Bertz CT molecular complexity index is 418. The van der Waals surface area contributed by atoms with E-state index >= 15 is 0 Å². The Balaban J connectivity index is 2.59. The van der Waals surface area contributed by atoms with E-state index in [1.54, 1.807) is 0 Å². The molecule has 0 aliphatic heterocycles. The Morgan fingerprint density at radius 1 is 1.08 bits per heavy atom. The van der Waals surface area contributed by atoms with E-state index < -0.39 is 0 Å². The van der Waals surface area contributed by atoms with Crippen LogP contribution in [0.4, 0.5) is 0 Å². The van der Waals surface area contributed by atoms with Gasteiger partial charge in [0.1, 0.15) is 0 Å². The minimum atomic E-state index is 1.14. The highest BCUT2D eigenvalue weighted by atomic mass is 79.9. The molecule has 1 aromatic carbocycles. The lowest BCUT2D eigenvalue weighted by atomic mass is 10.1. The summed E-state index contributed by atoms with van der Waals surface area (Å²) < 4.78 is 3.25. The van der Waals surface area contributed by atoms with Crippen molar-refractivity contribution in [2.45, 2.75) is 0 Å². The van der Waals surface area contributed by atoms with Crippen LogP contribution < -0.4 is 0 Å². The minimum absolute atomic E-state index is 1.14. The molecule has 66 valence electrons. The lowest BCUT2D eigenvalue weighted by molar-refractivity contribution is 0.936. The van der Waals surface area contributed by atoms with Crippen LogP contribution in [0.25, 0.3) is 11.3 Å². The van der Waals surface area contributed by atoms with Gasteiger partial charge in [0.25, 0.3) is 0 Å². The summed E-state index contributed by atoms with van der Waals surface area (Å²) in [5, 5.41) is 0. The lowest BCUT2D eigenvalue weighted by Crippen LogP contribution is -1.89. The summed E-state index contributed by atoms with van der Waals surface area (Å²) in [7, 11) is 2.05. The largest absolute Gasteiger partial charge is 0.351 e. The van der Waals surface area contributed by atoms with Gasteiger partial charge < -0.3 is 4.57 Å². The molecule has 0 aliphatic carbocycles. The van der Waals surface area contributed by atoms with Crippen LogP contribution in [0.2, 0.25) is 0 Å². The van der Waals surface area contributed by atoms with E-state index in [0.29, 0.717) is 0 Å². The fourth-order valence-corrected chi connectivity index (χ4v) is 1.90. The summed E-state index contributed by atoms with van der Waals surface area (Å²) in [4.78, 5) is 0. The summed E-state index contributed by atoms with van der Waals surface area (Å²) in [5.74, 6) is 0. The van der Waals surface area contributed by atoms with Crippen molar-refractivity contribution in [3.05, 3.63) is 47.1 Å². The number of rotatable bonds is 1. The summed E-state index contributed by atoms with van der Waals surface area (Å²) in [6.07, 6.45) is 2.05. The second kappa shape index (κ2) is 3.38. The SMILES string of the molecule is Cn1cccc1-c1ccccc1Br. The average Bonchev–Trinajstić information content (AvgIpc) is 2.52. The van der Waals surface area contributed by atoms with E-state index in [-0.39, 0.29) is 0 Å². The zero-order valence-electron chi connectivity index (χ0n) is 7.37. The molecule has 0 fully saturated rings. The van der Waals surface area contributed by atoms with Crippen LogP contribution in [-0.4, -0.2) is 4.57 Å². The molecule has 0 spiro atoms. The monoisotopic (exact) mass is 235 g/mol. The summed E-state index contributed by atoms with van der Waals surface area (Å²) in [6, 6.07) is 12.4. The maximum absolute atomic E-state index is 3.54. The van der Waals surface area contributed by atoms with Gasteiger partial charge in [-0.2, -0.15) is 0 Å². The van der Waals surface area contributed by atoms with Gasteiger partial charge in [-0.15, -0.1) is 0 Å². The zero-order valence-corrected chi connectivity index (χ0v) is 8.95. The third-order valence-corrected chi connectivity index (χ3v) is 2.79. The first kappa shape index (κ1) is 8.57. The van der Waals surface area contributed by atoms with Gasteiger partial charge in [-0.05, 0) is 18.2 Å². The van der Waals surface area contributed by atoms with Crippen molar-refractivity contribution in [1.82, 2.24) is 4.57 Å². The van der Waals surface area contributed by atoms with Gasteiger partial charge in [0, 0.05) is 29.0 Å². The number of aryl methyl sites for hydroxylation is 1. The molecule has 0 atom stereocenters. The van der Waals surface area contributed by atoms with Crippen molar-refractivity contribution < 1.29 is 0 Å². The molecule has 0 saturated carbocycles.